The van der Waals surface area contributed by atoms with Gasteiger partial charge in [0.15, 0.2) is 0 Å². The summed E-state index contributed by atoms with van der Waals surface area (Å²) in [7, 11) is 0. The van der Waals surface area contributed by atoms with Crippen LogP contribution in [0.4, 0.5) is 10.3 Å². The molecule has 0 aliphatic heterocycles. The molecule has 3 heterocycles. The SMILES string of the molecule is Cc1cccc(-c2cc(-c3cn(Cc4cccc(C5(CC(=O)O)CCC5)n4)nn3)nc(N)n2)c1F. The van der Waals surface area contributed by atoms with Gasteiger partial charge in [0.1, 0.15) is 11.5 Å². The molecule has 0 saturated heterocycles. The maximum atomic E-state index is 14.6. The molecule has 3 aromatic heterocycles. The smallest absolute Gasteiger partial charge is 0.304 e. The predicted molar refractivity (Wildman–Crippen MR) is 127 cm³/mol. The molecule has 1 aliphatic carbocycles. The second-order valence-electron chi connectivity index (χ2n) is 8.95. The van der Waals surface area contributed by atoms with Crippen molar-refractivity contribution in [3.63, 3.8) is 0 Å². The number of aromatic nitrogens is 6. The number of carboxylic acid groups (broad SMARTS) is 1. The van der Waals surface area contributed by atoms with Crippen LogP contribution in [0.5, 0.6) is 0 Å². The Labute approximate surface area is 200 Å². The third-order valence-corrected chi connectivity index (χ3v) is 6.49. The summed E-state index contributed by atoms with van der Waals surface area (Å²) in [6.45, 7) is 2.04. The largest absolute Gasteiger partial charge is 0.481 e. The first-order chi connectivity index (χ1) is 16.8. The molecule has 0 unspecified atom stereocenters. The highest BCUT2D eigenvalue weighted by Crippen LogP contribution is 2.45. The maximum absolute atomic E-state index is 14.6. The molecule has 10 heteroatoms. The third-order valence-electron chi connectivity index (χ3n) is 6.49. The van der Waals surface area contributed by atoms with Crippen LogP contribution in [0.2, 0.25) is 0 Å². The van der Waals surface area contributed by atoms with Gasteiger partial charge in [0, 0.05) is 16.7 Å². The number of aliphatic carboxylic acids is 1. The first-order valence-electron chi connectivity index (χ1n) is 11.3. The van der Waals surface area contributed by atoms with Gasteiger partial charge in [-0.25, -0.2) is 19.0 Å². The number of benzene rings is 1. The van der Waals surface area contributed by atoms with E-state index in [1.807, 2.05) is 18.2 Å². The van der Waals surface area contributed by atoms with Crippen LogP contribution >= 0.6 is 0 Å². The lowest BCUT2D eigenvalue weighted by atomic mass is 9.64. The number of nitrogens with zero attached hydrogens (tertiary/aromatic N) is 6. The number of hydrogen-bond acceptors (Lipinski definition) is 7. The number of carboxylic acids is 1. The summed E-state index contributed by atoms with van der Waals surface area (Å²) >= 11 is 0. The molecule has 1 fully saturated rings. The Bertz CT molecular complexity index is 1410. The Morgan fingerprint density at radius 3 is 2.63 bits per heavy atom. The Morgan fingerprint density at radius 2 is 1.89 bits per heavy atom. The molecular formula is C25H24FN7O2. The second-order valence-corrected chi connectivity index (χ2v) is 8.95. The zero-order valence-electron chi connectivity index (χ0n) is 19.1. The number of halogens is 1. The minimum Gasteiger partial charge on any atom is -0.481 e. The van der Waals surface area contributed by atoms with E-state index in [2.05, 4.69) is 20.3 Å². The van der Waals surface area contributed by atoms with Crippen LogP contribution in [0.3, 0.4) is 0 Å². The summed E-state index contributed by atoms with van der Waals surface area (Å²) in [5.74, 6) is -1.17. The third kappa shape index (κ3) is 4.46. The number of hydrogen-bond donors (Lipinski definition) is 2. The number of carbonyl (C=O) groups is 1. The van der Waals surface area contributed by atoms with Gasteiger partial charge >= 0.3 is 5.97 Å². The molecule has 5 rings (SSSR count). The van der Waals surface area contributed by atoms with E-state index in [1.165, 1.54) is 0 Å². The van der Waals surface area contributed by atoms with Gasteiger partial charge in [-0.3, -0.25) is 9.78 Å². The quantitative estimate of drug-likeness (QED) is 0.414. The Hall–Kier alpha value is -4.21. The van der Waals surface area contributed by atoms with Crippen molar-refractivity contribution in [3.8, 4) is 22.6 Å². The van der Waals surface area contributed by atoms with Crippen molar-refractivity contribution in [2.45, 2.75) is 44.6 Å². The highest BCUT2D eigenvalue weighted by atomic mass is 19.1. The van der Waals surface area contributed by atoms with Crippen molar-refractivity contribution in [2.24, 2.45) is 0 Å². The van der Waals surface area contributed by atoms with Gasteiger partial charge in [-0.1, -0.05) is 29.8 Å². The number of nitrogen functional groups attached to an aromatic ring is 1. The molecule has 0 atom stereocenters. The van der Waals surface area contributed by atoms with Gasteiger partial charge < -0.3 is 10.8 Å². The first-order valence-corrected chi connectivity index (χ1v) is 11.3. The number of aryl methyl sites for hydroxylation is 1. The van der Waals surface area contributed by atoms with Gasteiger partial charge in [-0.2, -0.15) is 0 Å². The van der Waals surface area contributed by atoms with Crippen LogP contribution in [0, 0.1) is 12.7 Å². The van der Waals surface area contributed by atoms with Crippen LogP contribution < -0.4 is 5.73 Å². The standard InChI is InChI=1S/C25H24FN7O2/c1-15-5-2-7-17(23(15)26)18-11-19(30-24(27)29-18)20-14-33(32-31-20)13-16-6-3-8-21(28-16)25(9-4-10-25)12-22(34)35/h2-3,5-8,11,14H,4,9-10,12-13H2,1H3,(H,34,35)(H2,27,29,30). The summed E-state index contributed by atoms with van der Waals surface area (Å²) < 4.78 is 16.3. The van der Waals surface area contributed by atoms with Gasteiger partial charge in [0.2, 0.25) is 5.95 Å². The summed E-state index contributed by atoms with van der Waals surface area (Å²) in [5.41, 5.74) is 9.17. The van der Waals surface area contributed by atoms with Crippen LogP contribution in [0.1, 0.15) is 42.6 Å². The minimum absolute atomic E-state index is 0.00607. The molecule has 9 nitrogen and oxygen atoms in total. The van der Waals surface area contributed by atoms with Gasteiger partial charge in [-0.15, -0.1) is 5.10 Å². The van der Waals surface area contributed by atoms with Gasteiger partial charge in [0.25, 0.3) is 0 Å². The van der Waals surface area contributed by atoms with E-state index >= 15 is 0 Å². The lowest BCUT2D eigenvalue weighted by Gasteiger charge is -2.40. The molecular weight excluding hydrogens is 449 g/mol. The van der Waals surface area contributed by atoms with E-state index < -0.39 is 11.4 Å². The zero-order chi connectivity index (χ0) is 24.6. The van der Waals surface area contributed by atoms with E-state index in [9.17, 15) is 14.3 Å². The molecule has 4 aromatic rings. The lowest BCUT2D eigenvalue weighted by Crippen LogP contribution is -2.37. The zero-order valence-corrected chi connectivity index (χ0v) is 19.1. The Balaban J connectivity index is 1.40. The predicted octanol–water partition coefficient (Wildman–Crippen LogP) is 3.77. The average molecular weight is 474 g/mol. The second kappa shape index (κ2) is 8.86. The molecule has 1 saturated carbocycles. The molecule has 1 aliphatic rings. The highest BCUT2D eigenvalue weighted by Gasteiger charge is 2.41. The Kier molecular flexibility index (Phi) is 5.72. The van der Waals surface area contributed by atoms with Crippen molar-refractivity contribution in [3.05, 3.63) is 71.4 Å². The van der Waals surface area contributed by atoms with E-state index in [0.717, 1.165) is 30.7 Å². The first kappa shape index (κ1) is 22.6. The summed E-state index contributed by atoms with van der Waals surface area (Å²) in [6, 6.07) is 12.4. The summed E-state index contributed by atoms with van der Waals surface area (Å²) in [4.78, 5) is 24.6. The summed E-state index contributed by atoms with van der Waals surface area (Å²) in [5, 5.41) is 17.7. The molecule has 0 radical (unpaired) electrons. The van der Waals surface area contributed by atoms with E-state index in [0.29, 0.717) is 34.8 Å². The lowest BCUT2D eigenvalue weighted by molar-refractivity contribution is -0.139. The van der Waals surface area contributed by atoms with Crippen LogP contribution in [0.15, 0.2) is 48.7 Å². The van der Waals surface area contributed by atoms with Crippen LogP contribution in [0.25, 0.3) is 22.6 Å². The Morgan fingerprint density at radius 1 is 1.11 bits per heavy atom. The molecule has 0 amide bonds. The normalized spacial score (nSPS) is 14.5. The number of anilines is 1. The van der Waals surface area contributed by atoms with Gasteiger partial charge in [-0.05, 0) is 49.6 Å². The van der Waals surface area contributed by atoms with E-state index in [1.54, 1.807) is 42.1 Å². The number of nitrogens with two attached hydrogens (primary N) is 1. The van der Waals surface area contributed by atoms with Crippen molar-refractivity contribution in [1.29, 1.82) is 0 Å². The highest BCUT2D eigenvalue weighted by molar-refractivity contribution is 5.69. The van der Waals surface area contributed by atoms with Crippen LogP contribution in [-0.4, -0.2) is 41.0 Å². The van der Waals surface area contributed by atoms with E-state index in [-0.39, 0.29) is 18.2 Å². The number of rotatable bonds is 7. The molecule has 178 valence electrons. The fraction of sp³-hybridized carbons (Fsp3) is 0.280. The molecule has 0 bridgehead atoms. The van der Waals surface area contributed by atoms with Crippen molar-refractivity contribution in [2.75, 3.05) is 5.73 Å². The van der Waals surface area contributed by atoms with Crippen molar-refractivity contribution < 1.29 is 14.3 Å². The fourth-order valence-corrected chi connectivity index (χ4v) is 4.52. The molecule has 0 spiro atoms. The fourth-order valence-electron chi connectivity index (χ4n) is 4.52. The van der Waals surface area contributed by atoms with Gasteiger partial charge in [0.05, 0.1) is 36.2 Å². The molecule has 1 aromatic carbocycles. The monoisotopic (exact) mass is 473 g/mol. The molecule has 35 heavy (non-hydrogen) atoms. The molecule has 3 N–H and O–H groups in total. The number of pyridine rings is 1. The topological polar surface area (TPSA) is 133 Å². The van der Waals surface area contributed by atoms with E-state index in [4.69, 9.17) is 10.7 Å². The van der Waals surface area contributed by atoms with Crippen LogP contribution in [-0.2, 0) is 16.8 Å². The maximum Gasteiger partial charge on any atom is 0.304 e. The minimum atomic E-state index is -0.813. The van der Waals surface area contributed by atoms with Crippen molar-refractivity contribution >= 4 is 11.9 Å². The van der Waals surface area contributed by atoms with Crippen molar-refractivity contribution in [1.82, 2.24) is 29.9 Å². The summed E-state index contributed by atoms with van der Waals surface area (Å²) in [6.07, 6.45) is 4.44. The average Bonchev–Trinajstić information content (AvgIpc) is 3.26.